The Morgan fingerprint density at radius 1 is 1.39 bits per heavy atom. The molecule has 1 saturated heterocycles. The van der Waals surface area contributed by atoms with E-state index < -0.39 is 5.97 Å². The van der Waals surface area contributed by atoms with E-state index in [-0.39, 0.29) is 12.5 Å². The maximum atomic E-state index is 11.1. The summed E-state index contributed by atoms with van der Waals surface area (Å²) in [5.74, 6) is -0.742. The van der Waals surface area contributed by atoms with Crippen LogP contribution in [0.1, 0.15) is 43.7 Å². The van der Waals surface area contributed by atoms with Crippen LogP contribution in [0.4, 0.5) is 0 Å². The first-order chi connectivity index (χ1) is 8.66. The van der Waals surface area contributed by atoms with Gasteiger partial charge in [-0.2, -0.15) is 5.10 Å². The van der Waals surface area contributed by atoms with Crippen molar-refractivity contribution < 1.29 is 9.90 Å². The SMILES string of the molecule is Cn1cc(C(CC(=O)O)N2CCCCCC2)cn1. The Morgan fingerprint density at radius 3 is 2.56 bits per heavy atom. The molecule has 1 aromatic rings. The molecule has 0 bridgehead atoms. The first kappa shape index (κ1) is 13.1. The lowest BCUT2D eigenvalue weighted by Crippen LogP contribution is -2.31. The molecule has 1 N–H and O–H groups in total. The lowest BCUT2D eigenvalue weighted by Gasteiger charge is -2.28. The van der Waals surface area contributed by atoms with Crippen LogP contribution in [0, 0.1) is 0 Å². The number of rotatable bonds is 4. The lowest BCUT2D eigenvalue weighted by atomic mass is 10.1. The predicted octanol–water partition coefficient (Wildman–Crippen LogP) is 1.81. The molecule has 100 valence electrons. The molecular weight excluding hydrogens is 230 g/mol. The second-order valence-electron chi connectivity index (χ2n) is 5.01. The van der Waals surface area contributed by atoms with Crippen LogP contribution in [0.2, 0.25) is 0 Å². The molecule has 5 nitrogen and oxygen atoms in total. The van der Waals surface area contributed by atoms with Crippen LogP contribution >= 0.6 is 0 Å². The summed E-state index contributed by atoms with van der Waals surface area (Å²) in [5.41, 5.74) is 1.02. The van der Waals surface area contributed by atoms with Gasteiger partial charge in [0.25, 0.3) is 0 Å². The van der Waals surface area contributed by atoms with Gasteiger partial charge in [-0.1, -0.05) is 12.8 Å². The minimum atomic E-state index is -0.742. The molecule has 18 heavy (non-hydrogen) atoms. The molecule has 5 heteroatoms. The van der Waals surface area contributed by atoms with E-state index in [9.17, 15) is 4.79 Å². The summed E-state index contributed by atoms with van der Waals surface area (Å²) >= 11 is 0. The van der Waals surface area contributed by atoms with Crippen LogP contribution in [0.3, 0.4) is 0 Å². The van der Waals surface area contributed by atoms with Crippen molar-refractivity contribution in [2.45, 2.75) is 38.1 Å². The van der Waals surface area contributed by atoms with Gasteiger partial charge >= 0.3 is 5.97 Å². The molecule has 0 aliphatic carbocycles. The lowest BCUT2D eigenvalue weighted by molar-refractivity contribution is -0.138. The first-order valence-corrected chi connectivity index (χ1v) is 6.61. The van der Waals surface area contributed by atoms with Crippen molar-refractivity contribution in [1.29, 1.82) is 0 Å². The van der Waals surface area contributed by atoms with Crippen molar-refractivity contribution in [3.05, 3.63) is 18.0 Å². The summed E-state index contributed by atoms with van der Waals surface area (Å²) in [7, 11) is 1.86. The largest absolute Gasteiger partial charge is 0.481 e. The second kappa shape index (κ2) is 6.00. The van der Waals surface area contributed by atoms with Gasteiger partial charge in [0.1, 0.15) is 0 Å². The molecular formula is C13H21N3O2. The van der Waals surface area contributed by atoms with Crippen molar-refractivity contribution in [2.24, 2.45) is 7.05 Å². The number of aryl methyl sites for hydroxylation is 1. The molecule has 0 radical (unpaired) electrons. The normalized spacial score (nSPS) is 19.4. The van der Waals surface area contributed by atoms with E-state index in [1.54, 1.807) is 10.9 Å². The molecule has 2 heterocycles. The van der Waals surface area contributed by atoms with Crippen LogP contribution in [-0.4, -0.2) is 38.8 Å². The molecule has 1 aliphatic heterocycles. The van der Waals surface area contributed by atoms with Gasteiger partial charge in [-0.3, -0.25) is 14.4 Å². The number of carboxylic acids is 1. The Labute approximate surface area is 107 Å². The van der Waals surface area contributed by atoms with E-state index in [1.165, 1.54) is 12.8 Å². The average molecular weight is 251 g/mol. The highest BCUT2D eigenvalue weighted by atomic mass is 16.4. The summed E-state index contributed by atoms with van der Waals surface area (Å²) in [5, 5.41) is 13.3. The van der Waals surface area contributed by atoms with Crippen molar-refractivity contribution in [3.63, 3.8) is 0 Å². The minimum absolute atomic E-state index is 0.0331. The summed E-state index contributed by atoms with van der Waals surface area (Å²) in [6.45, 7) is 1.99. The zero-order valence-corrected chi connectivity index (χ0v) is 10.9. The number of hydrogen-bond donors (Lipinski definition) is 1. The van der Waals surface area contributed by atoms with Crippen LogP contribution in [-0.2, 0) is 11.8 Å². The number of hydrogen-bond acceptors (Lipinski definition) is 3. The Kier molecular flexibility index (Phi) is 4.36. The van der Waals surface area contributed by atoms with Gasteiger partial charge in [0.05, 0.1) is 12.6 Å². The number of carbonyl (C=O) groups is 1. The molecule has 0 spiro atoms. The van der Waals surface area contributed by atoms with Crippen molar-refractivity contribution >= 4 is 5.97 Å². The quantitative estimate of drug-likeness (QED) is 0.886. The van der Waals surface area contributed by atoms with Gasteiger partial charge in [0, 0.05) is 24.8 Å². The molecule has 1 unspecified atom stereocenters. The molecule has 1 aromatic heterocycles. The van der Waals surface area contributed by atoms with E-state index in [0.717, 1.165) is 31.5 Å². The number of nitrogens with zero attached hydrogens (tertiary/aromatic N) is 3. The van der Waals surface area contributed by atoms with Gasteiger partial charge in [-0.25, -0.2) is 0 Å². The zero-order valence-electron chi connectivity index (χ0n) is 10.9. The summed E-state index contributed by atoms with van der Waals surface area (Å²) in [4.78, 5) is 13.4. The third-order valence-corrected chi connectivity index (χ3v) is 3.56. The van der Waals surface area contributed by atoms with E-state index in [2.05, 4.69) is 10.00 Å². The van der Waals surface area contributed by atoms with Gasteiger partial charge in [-0.15, -0.1) is 0 Å². The van der Waals surface area contributed by atoms with Crippen molar-refractivity contribution in [2.75, 3.05) is 13.1 Å². The maximum Gasteiger partial charge on any atom is 0.305 e. The summed E-state index contributed by atoms with van der Waals surface area (Å²) in [6.07, 6.45) is 8.71. The fourth-order valence-electron chi connectivity index (χ4n) is 2.64. The number of aliphatic carboxylic acids is 1. The van der Waals surface area contributed by atoms with E-state index in [4.69, 9.17) is 5.11 Å². The first-order valence-electron chi connectivity index (χ1n) is 6.61. The minimum Gasteiger partial charge on any atom is -0.481 e. The van der Waals surface area contributed by atoms with E-state index >= 15 is 0 Å². The molecule has 1 atom stereocenters. The Morgan fingerprint density at radius 2 is 2.06 bits per heavy atom. The third kappa shape index (κ3) is 3.32. The van der Waals surface area contributed by atoms with Crippen molar-refractivity contribution in [3.8, 4) is 0 Å². The fourth-order valence-corrected chi connectivity index (χ4v) is 2.64. The third-order valence-electron chi connectivity index (χ3n) is 3.56. The van der Waals surface area contributed by atoms with Gasteiger partial charge in [0.15, 0.2) is 0 Å². The Bertz CT molecular complexity index is 395. The second-order valence-corrected chi connectivity index (χ2v) is 5.01. The van der Waals surface area contributed by atoms with E-state index in [0.29, 0.717) is 0 Å². The zero-order chi connectivity index (χ0) is 13.0. The van der Waals surface area contributed by atoms with E-state index in [1.807, 2.05) is 13.2 Å². The van der Waals surface area contributed by atoms with Crippen LogP contribution in [0.15, 0.2) is 12.4 Å². The van der Waals surface area contributed by atoms with Crippen LogP contribution in [0.25, 0.3) is 0 Å². The Balaban J connectivity index is 2.15. The average Bonchev–Trinajstić information content (AvgIpc) is 2.60. The van der Waals surface area contributed by atoms with Gasteiger partial charge in [0.2, 0.25) is 0 Å². The van der Waals surface area contributed by atoms with Crippen molar-refractivity contribution in [1.82, 2.24) is 14.7 Å². The van der Waals surface area contributed by atoms with Crippen LogP contribution < -0.4 is 0 Å². The number of aromatic nitrogens is 2. The molecule has 1 aliphatic rings. The highest BCUT2D eigenvalue weighted by Crippen LogP contribution is 2.26. The monoisotopic (exact) mass is 251 g/mol. The maximum absolute atomic E-state index is 11.1. The summed E-state index contributed by atoms with van der Waals surface area (Å²) in [6, 6.07) is -0.0331. The predicted molar refractivity (Wildman–Crippen MR) is 68.2 cm³/mol. The molecule has 0 aromatic carbocycles. The highest BCUT2D eigenvalue weighted by Gasteiger charge is 2.24. The molecule has 0 amide bonds. The summed E-state index contributed by atoms with van der Waals surface area (Å²) < 4.78 is 1.74. The van der Waals surface area contributed by atoms with Gasteiger partial charge < -0.3 is 5.11 Å². The van der Waals surface area contributed by atoms with Gasteiger partial charge in [-0.05, 0) is 25.9 Å². The highest BCUT2D eigenvalue weighted by molar-refractivity contribution is 5.67. The topological polar surface area (TPSA) is 58.4 Å². The smallest absolute Gasteiger partial charge is 0.305 e. The molecule has 0 saturated carbocycles. The molecule has 2 rings (SSSR count). The Hall–Kier alpha value is -1.36. The number of carboxylic acid groups (broad SMARTS) is 1. The standard InChI is InChI=1S/C13H21N3O2/c1-15-10-11(9-14-15)12(8-13(17)18)16-6-4-2-3-5-7-16/h9-10,12H,2-8H2,1H3,(H,17,18). The fraction of sp³-hybridized carbons (Fsp3) is 0.692. The number of likely N-dealkylation sites (tertiary alicyclic amines) is 1. The molecule has 1 fully saturated rings. The van der Waals surface area contributed by atoms with Crippen LogP contribution in [0.5, 0.6) is 0 Å².